The van der Waals surface area contributed by atoms with E-state index >= 15 is 0 Å². The number of hydrogen-bond acceptors (Lipinski definition) is 4. The number of rotatable bonds is 4. The first-order valence-electron chi connectivity index (χ1n) is 6.39. The number of nitrogens with one attached hydrogen (secondary N) is 3. The molecule has 1 aromatic rings. The van der Waals surface area contributed by atoms with Gasteiger partial charge < -0.3 is 10.6 Å². The molecule has 110 valence electrons. The van der Waals surface area contributed by atoms with Gasteiger partial charge in [0.05, 0.1) is 11.7 Å². The highest BCUT2D eigenvalue weighted by molar-refractivity contribution is 7.90. The number of carbonyl (C=O) groups excluding carboxylic acids is 1. The first-order chi connectivity index (χ1) is 9.44. The number of hydrogen-bond donors (Lipinski definition) is 4. The Kier molecular flexibility index (Phi) is 4.58. The van der Waals surface area contributed by atoms with Crippen molar-refractivity contribution >= 4 is 27.5 Å². The second kappa shape index (κ2) is 6.21. The maximum atomic E-state index is 12.0. The number of anilines is 2. The lowest BCUT2D eigenvalue weighted by atomic mass is 10.0. The van der Waals surface area contributed by atoms with Gasteiger partial charge in [0.25, 0.3) is 10.2 Å². The fourth-order valence-electron chi connectivity index (χ4n) is 2.13. The minimum atomic E-state index is -3.82. The fraction of sp³-hybridized carbons (Fsp3) is 0.417. The van der Waals surface area contributed by atoms with Gasteiger partial charge in [0, 0.05) is 5.69 Å². The summed E-state index contributed by atoms with van der Waals surface area (Å²) >= 11 is 0. The SMILES string of the molecule is NS(=O)(=O)Nc1cccc(NC(=O)C2CCCCN2)c1. The van der Waals surface area contributed by atoms with Gasteiger partial charge >= 0.3 is 0 Å². The molecule has 0 saturated carbocycles. The van der Waals surface area contributed by atoms with Gasteiger partial charge in [-0.15, -0.1) is 0 Å². The lowest BCUT2D eigenvalue weighted by Crippen LogP contribution is -2.43. The summed E-state index contributed by atoms with van der Waals surface area (Å²) in [6, 6.07) is 6.20. The van der Waals surface area contributed by atoms with E-state index in [1.165, 1.54) is 6.07 Å². The lowest BCUT2D eigenvalue weighted by molar-refractivity contribution is -0.118. The van der Waals surface area contributed by atoms with Crippen molar-refractivity contribution in [2.24, 2.45) is 5.14 Å². The standard InChI is InChI=1S/C12H18N4O3S/c13-20(18,19)16-10-5-3-4-9(8-10)15-12(17)11-6-1-2-7-14-11/h3-5,8,11,14,16H,1-2,6-7H2,(H,15,17)(H2,13,18,19). The van der Waals surface area contributed by atoms with Crippen LogP contribution in [0.15, 0.2) is 24.3 Å². The summed E-state index contributed by atoms with van der Waals surface area (Å²) in [5.74, 6) is -0.113. The zero-order chi connectivity index (χ0) is 14.6. The summed E-state index contributed by atoms with van der Waals surface area (Å²) in [5.41, 5.74) is 0.831. The predicted octanol–water partition coefficient (Wildman–Crippen LogP) is 0.383. The zero-order valence-electron chi connectivity index (χ0n) is 10.9. The quantitative estimate of drug-likeness (QED) is 0.643. The molecule has 8 heteroatoms. The third-order valence-corrected chi connectivity index (χ3v) is 3.54. The van der Waals surface area contributed by atoms with Crippen molar-refractivity contribution < 1.29 is 13.2 Å². The van der Waals surface area contributed by atoms with Gasteiger partial charge in [0.2, 0.25) is 5.91 Å². The smallest absolute Gasteiger partial charge is 0.296 e. The van der Waals surface area contributed by atoms with E-state index in [0.717, 1.165) is 25.8 Å². The molecule has 1 aliphatic rings. The lowest BCUT2D eigenvalue weighted by Gasteiger charge is -2.22. The highest BCUT2D eigenvalue weighted by atomic mass is 32.2. The molecule has 1 atom stereocenters. The third kappa shape index (κ3) is 4.48. The van der Waals surface area contributed by atoms with Crippen LogP contribution in [0.3, 0.4) is 0 Å². The Hall–Kier alpha value is -1.64. The van der Waals surface area contributed by atoms with Crippen LogP contribution in [-0.2, 0) is 15.0 Å². The molecule has 5 N–H and O–H groups in total. The highest BCUT2D eigenvalue weighted by Gasteiger charge is 2.20. The van der Waals surface area contributed by atoms with Crippen LogP contribution in [0.25, 0.3) is 0 Å². The monoisotopic (exact) mass is 298 g/mol. The number of carbonyl (C=O) groups is 1. The van der Waals surface area contributed by atoms with Crippen molar-refractivity contribution in [1.82, 2.24) is 5.32 Å². The Bertz CT molecular complexity index is 582. The van der Waals surface area contributed by atoms with Crippen molar-refractivity contribution in [2.75, 3.05) is 16.6 Å². The number of amides is 1. The summed E-state index contributed by atoms with van der Waals surface area (Å²) in [4.78, 5) is 12.0. The van der Waals surface area contributed by atoms with E-state index in [9.17, 15) is 13.2 Å². The van der Waals surface area contributed by atoms with Crippen molar-refractivity contribution in [3.05, 3.63) is 24.3 Å². The van der Waals surface area contributed by atoms with E-state index in [4.69, 9.17) is 5.14 Å². The van der Waals surface area contributed by atoms with Crippen molar-refractivity contribution in [1.29, 1.82) is 0 Å². The average molecular weight is 298 g/mol. The van der Waals surface area contributed by atoms with Crippen LogP contribution in [0.4, 0.5) is 11.4 Å². The van der Waals surface area contributed by atoms with Crippen LogP contribution < -0.4 is 20.5 Å². The molecule has 1 fully saturated rings. The minimum absolute atomic E-state index is 0.113. The van der Waals surface area contributed by atoms with E-state index < -0.39 is 10.2 Å². The molecule has 2 rings (SSSR count). The van der Waals surface area contributed by atoms with E-state index in [2.05, 4.69) is 15.4 Å². The number of benzene rings is 1. The maximum Gasteiger partial charge on any atom is 0.296 e. The van der Waals surface area contributed by atoms with Gasteiger partial charge in [-0.1, -0.05) is 12.5 Å². The molecule has 7 nitrogen and oxygen atoms in total. The molecule has 20 heavy (non-hydrogen) atoms. The molecule has 0 radical (unpaired) electrons. The molecule has 1 amide bonds. The number of piperidine rings is 1. The van der Waals surface area contributed by atoms with Crippen LogP contribution in [0.1, 0.15) is 19.3 Å². The van der Waals surface area contributed by atoms with Gasteiger partial charge in [0.1, 0.15) is 0 Å². The zero-order valence-corrected chi connectivity index (χ0v) is 11.7. The Morgan fingerprint density at radius 3 is 2.70 bits per heavy atom. The molecule has 1 saturated heterocycles. The molecule has 0 bridgehead atoms. The van der Waals surface area contributed by atoms with Crippen LogP contribution in [0.2, 0.25) is 0 Å². The summed E-state index contributed by atoms with van der Waals surface area (Å²) in [5, 5.41) is 10.8. The van der Waals surface area contributed by atoms with Gasteiger partial charge in [-0.25, -0.2) is 5.14 Å². The number of nitrogens with two attached hydrogens (primary N) is 1. The summed E-state index contributed by atoms with van der Waals surface area (Å²) in [6.45, 7) is 0.838. The maximum absolute atomic E-state index is 12.0. The molecule has 0 aliphatic carbocycles. The minimum Gasteiger partial charge on any atom is -0.325 e. The summed E-state index contributed by atoms with van der Waals surface area (Å²) in [7, 11) is -3.82. The van der Waals surface area contributed by atoms with Gasteiger partial charge in [-0.2, -0.15) is 8.42 Å². The fourth-order valence-corrected chi connectivity index (χ4v) is 2.59. The molecule has 1 aliphatic heterocycles. The first kappa shape index (κ1) is 14.8. The summed E-state index contributed by atoms with van der Waals surface area (Å²) < 4.78 is 24.1. The molecule has 0 aromatic heterocycles. The predicted molar refractivity (Wildman–Crippen MR) is 77.4 cm³/mol. The van der Waals surface area contributed by atoms with Crippen LogP contribution in [0, 0.1) is 0 Å². The van der Waals surface area contributed by atoms with Crippen LogP contribution in [0.5, 0.6) is 0 Å². The van der Waals surface area contributed by atoms with E-state index in [1.54, 1.807) is 18.2 Å². The van der Waals surface area contributed by atoms with Crippen molar-refractivity contribution in [3.8, 4) is 0 Å². The molecular weight excluding hydrogens is 280 g/mol. The van der Waals surface area contributed by atoms with Gasteiger partial charge in [-0.3, -0.25) is 9.52 Å². The second-order valence-electron chi connectivity index (χ2n) is 4.72. The van der Waals surface area contributed by atoms with Crippen LogP contribution >= 0.6 is 0 Å². The Balaban J connectivity index is 2.02. The normalized spacial score (nSPS) is 19.4. The largest absolute Gasteiger partial charge is 0.325 e. The van der Waals surface area contributed by atoms with Crippen LogP contribution in [-0.4, -0.2) is 26.9 Å². The topological polar surface area (TPSA) is 113 Å². The first-order valence-corrected chi connectivity index (χ1v) is 7.93. The second-order valence-corrected chi connectivity index (χ2v) is 6.01. The van der Waals surface area contributed by atoms with E-state index in [-0.39, 0.29) is 11.9 Å². The van der Waals surface area contributed by atoms with E-state index in [0.29, 0.717) is 11.4 Å². The molecule has 1 aromatic carbocycles. The Morgan fingerprint density at radius 2 is 2.05 bits per heavy atom. The van der Waals surface area contributed by atoms with Crippen molar-refractivity contribution in [2.45, 2.75) is 25.3 Å². The van der Waals surface area contributed by atoms with Gasteiger partial charge in [0.15, 0.2) is 0 Å². The third-order valence-electron chi connectivity index (χ3n) is 3.02. The summed E-state index contributed by atoms with van der Waals surface area (Å²) in [6.07, 6.45) is 2.91. The average Bonchev–Trinajstić information content (AvgIpc) is 2.38. The molecule has 0 spiro atoms. The molecular formula is C12H18N4O3S. The van der Waals surface area contributed by atoms with Gasteiger partial charge in [-0.05, 0) is 37.6 Å². The Labute approximate surface area is 118 Å². The molecule has 1 heterocycles. The Morgan fingerprint density at radius 1 is 1.30 bits per heavy atom. The molecule has 1 unspecified atom stereocenters. The highest BCUT2D eigenvalue weighted by Crippen LogP contribution is 2.17. The van der Waals surface area contributed by atoms with Crippen molar-refractivity contribution in [3.63, 3.8) is 0 Å². The van der Waals surface area contributed by atoms with E-state index in [1.807, 2.05) is 0 Å².